The Morgan fingerprint density at radius 3 is 2.00 bits per heavy atom. The molecule has 332 valence electrons. The summed E-state index contributed by atoms with van der Waals surface area (Å²) in [6.07, 6.45) is -5.66. The highest BCUT2D eigenvalue weighted by molar-refractivity contribution is 7.80. The van der Waals surface area contributed by atoms with Crippen LogP contribution in [0.25, 0.3) is 10.9 Å². The summed E-state index contributed by atoms with van der Waals surface area (Å²) in [5.74, 6) is 0.118. The molecule has 3 N–H and O–H groups in total. The molecule has 0 aliphatic carbocycles. The van der Waals surface area contributed by atoms with E-state index < -0.39 is 66.6 Å². The molecular weight excluding hydrogens is 853 g/mol. The fourth-order valence-electron chi connectivity index (χ4n) is 9.51. The van der Waals surface area contributed by atoms with E-state index in [1.165, 1.54) is 0 Å². The molecule has 15 heteroatoms. The molecule has 3 aliphatic rings. The average molecular weight is 904 g/mol. The van der Waals surface area contributed by atoms with Gasteiger partial charge in [0.1, 0.15) is 6.04 Å². The second-order valence-corrected chi connectivity index (χ2v) is 22.2. The number of rotatable bonds is 12. The van der Waals surface area contributed by atoms with E-state index in [0.29, 0.717) is 24.0 Å². The first-order valence-corrected chi connectivity index (χ1v) is 23.3. The summed E-state index contributed by atoms with van der Waals surface area (Å²) in [5, 5.41) is 10.8. The molecule has 3 saturated heterocycles. The lowest BCUT2D eigenvalue weighted by molar-refractivity contribution is -0.143. The number of amides is 1. The number of fused-ring (bicyclic) bond motifs is 4. The number of halogens is 6. The highest BCUT2D eigenvalue weighted by Crippen LogP contribution is 2.43. The van der Waals surface area contributed by atoms with Gasteiger partial charge in [0.2, 0.25) is 5.91 Å². The summed E-state index contributed by atoms with van der Waals surface area (Å²) in [7, 11) is -3.36. The van der Waals surface area contributed by atoms with E-state index in [4.69, 9.17) is 16.6 Å². The molecule has 4 aromatic carbocycles. The maximum Gasteiger partial charge on any atom is 0.416 e. The number of carbonyl (C=O) groups excluding carboxylic acids is 1. The van der Waals surface area contributed by atoms with Gasteiger partial charge < -0.3 is 20.4 Å². The van der Waals surface area contributed by atoms with Crippen molar-refractivity contribution in [1.82, 2.24) is 20.5 Å². The number of nitrogens with one attached hydrogen (secondary N) is 3. The standard InChI is InChI=1S/C48H51F6N5O2SSi/c1-6-31-29-59-24-22-32(31)25-41(59)43(39-21-23-55-40-20-14-13-19-38(39)40)57-44(60)42(58-45(62)56-35-27-33(47(49,50)51)26-34(28-35)48(52,53)54)30(2)61-63(46(3,4)5,36-15-9-7-10-16-36)37-17-11-8-12-18-37/h6-21,23,26-28,30-32,41-43H,1,22,24-25,29H2,2-5H3,(H,57,60)(H2,56,58,62). The van der Waals surface area contributed by atoms with Crippen LogP contribution in [0.15, 0.2) is 128 Å². The molecule has 1 amide bonds. The van der Waals surface area contributed by atoms with Crippen LogP contribution in [-0.2, 0) is 21.6 Å². The third kappa shape index (κ3) is 9.71. The zero-order valence-corrected chi connectivity index (χ0v) is 37.3. The van der Waals surface area contributed by atoms with E-state index in [-0.39, 0.29) is 17.2 Å². The van der Waals surface area contributed by atoms with Crippen LogP contribution in [0.4, 0.5) is 32.0 Å². The molecule has 63 heavy (non-hydrogen) atoms. The highest BCUT2D eigenvalue weighted by Gasteiger charge is 2.53. The largest absolute Gasteiger partial charge is 0.416 e. The summed E-state index contributed by atoms with van der Waals surface area (Å²) < 4.78 is 90.9. The maximum absolute atomic E-state index is 15.4. The van der Waals surface area contributed by atoms with Gasteiger partial charge >= 0.3 is 12.4 Å². The van der Waals surface area contributed by atoms with E-state index in [2.05, 4.69) is 53.2 Å². The molecule has 7 nitrogen and oxygen atoms in total. The van der Waals surface area contributed by atoms with Crippen molar-refractivity contribution in [3.8, 4) is 0 Å². The monoisotopic (exact) mass is 903 g/mol. The highest BCUT2D eigenvalue weighted by atomic mass is 32.1. The number of para-hydroxylation sites is 1. The van der Waals surface area contributed by atoms with E-state index in [1.54, 1.807) is 13.1 Å². The minimum Gasteiger partial charge on any atom is -0.402 e. The summed E-state index contributed by atoms with van der Waals surface area (Å²) in [6.45, 7) is 13.7. The van der Waals surface area contributed by atoms with Gasteiger partial charge in [-0.3, -0.25) is 14.7 Å². The van der Waals surface area contributed by atoms with Gasteiger partial charge in [-0.1, -0.05) is 106 Å². The third-order valence-corrected chi connectivity index (χ3v) is 17.9. The van der Waals surface area contributed by atoms with E-state index >= 15 is 4.79 Å². The van der Waals surface area contributed by atoms with Gasteiger partial charge in [-0.15, -0.1) is 6.58 Å². The number of alkyl halides is 6. The van der Waals surface area contributed by atoms with Gasteiger partial charge in [0.25, 0.3) is 8.32 Å². The molecule has 3 aliphatic heterocycles. The lowest BCUT2D eigenvalue weighted by atomic mass is 9.73. The van der Waals surface area contributed by atoms with Crippen molar-refractivity contribution in [3.05, 3.63) is 145 Å². The number of anilines is 1. The van der Waals surface area contributed by atoms with Crippen LogP contribution in [0, 0.1) is 11.8 Å². The lowest BCUT2D eigenvalue weighted by Gasteiger charge is -2.52. The minimum absolute atomic E-state index is 0.0475. The fourth-order valence-corrected chi connectivity index (χ4v) is 14.5. The number of piperidine rings is 3. The van der Waals surface area contributed by atoms with Crippen molar-refractivity contribution < 1.29 is 35.6 Å². The molecule has 0 spiro atoms. The molecule has 0 saturated carbocycles. The van der Waals surface area contributed by atoms with Crippen molar-refractivity contribution in [2.75, 3.05) is 18.4 Å². The van der Waals surface area contributed by atoms with Crippen molar-refractivity contribution >= 4 is 58.5 Å². The maximum atomic E-state index is 15.4. The summed E-state index contributed by atoms with van der Waals surface area (Å²) >= 11 is 5.66. The molecule has 7 unspecified atom stereocenters. The van der Waals surface area contributed by atoms with Crippen LogP contribution < -0.4 is 26.3 Å². The van der Waals surface area contributed by atoms with Crippen molar-refractivity contribution in [1.29, 1.82) is 0 Å². The quantitative estimate of drug-likeness (QED) is 0.0499. The smallest absolute Gasteiger partial charge is 0.402 e. The second kappa shape index (κ2) is 18.2. The van der Waals surface area contributed by atoms with Gasteiger partial charge in [-0.25, -0.2) is 0 Å². The number of benzene rings is 4. The van der Waals surface area contributed by atoms with Gasteiger partial charge in [0, 0.05) is 29.9 Å². The Labute approximate surface area is 370 Å². The molecule has 3 fully saturated rings. The zero-order valence-electron chi connectivity index (χ0n) is 35.4. The Kier molecular flexibility index (Phi) is 13.3. The molecule has 0 radical (unpaired) electrons. The number of hydrogen-bond donors (Lipinski definition) is 3. The predicted octanol–water partition coefficient (Wildman–Crippen LogP) is 9.65. The molecule has 1 aromatic heterocycles. The number of hydrogen-bond acceptors (Lipinski definition) is 5. The van der Waals surface area contributed by atoms with Crippen molar-refractivity contribution in [3.63, 3.8) is 0 Å². The van der Waals surface area contributed by atoms with Crippen LogP contribution in [0.5, 0.6) is 0 Å². The fraction of sp³-hybridized carbons (Fsp3) is 0.354. The number of pyridine rings is 1. The van der Waals surface area contributed by atoms with Crippen LogP contribution in [0.2, 0.25) is 5.04 Å². The Balaban J connectivity index is 1.32. The number of nitrogens with zero attached hydrogens (tertiary/aromatic N) is 2. The first-order chi connectivity index (χ1) is 29.8. The van der Waals surface area contributed by atoms with E-state index in [1.807, 2.05) is 97.1 Å². The van der Waals surface area contributed by atoms with Gasteiger partial charge in [-0.05, 0) is 102 Å². The molecular formula is C48H51F6N5O2SSi. The first-order valence-electron chi connectivity index (χ1n) is 21.0. The molecule has 7 atom stereocenters. The van der Waals surface area contributed by atoms with Gasteiger partial charge in [0.15, 0.2) is 5.11 Å². The SMILES string of the molecule is C=CC1CN2CCC1CC2C(NC(=O)C(NC(=S)Nc1cc(C(F)(F)F)cc(C(F)(F)F)c1)C(C)O[Si](c1ccccc1)(c1ccccc1)C(C)(C)C)c1ccnc2ccccc12. The van der Waals surface area contributed by atoms with Gasteiger partial charge in [-0.2, -0.15) is 26.3 Å². The third-order valence-electron chi connectivity index (χ3n) is 12.5. The van der Waals surface area contributed by atoms with Gasteiger partial charge in [0.05, 0.1) is 28.8 Å². The summed E-state index contributed by atoms with van der Waals surface area (Å²) in [6, 6.07) is 28.3. The normalized spacial score (nSPS) is 20.7. The Morgan fingerprint density at radius 1 is 0.873 bits per heavy atom. The Morgan fingerprint density at radius 2 is 1.46 bits per heavy atom. The lowest BCUT2D eigenvalue weighted by Crippen LogP contribution is -2.69. The molecule has 5 aromatic rings. The number of thiocarbonyl (C=S) groups is 1. The summed E-state index contributed by atoms with van der Waals surface area (Å²) in [4.78, 5) is 22.3. The average Bonchev–Trinajstić information content (AvgIpc) is 3.25. The number of aromatic nitrogens is 1. The first kappa shape index (κ1) is 45.9. The predicted molar refractivity (Wildman–Crippen MR) is 242 cm³/mol. The summed E-state index contributed by atoms with van der Waals surface area (Å²) in [5.41, 5.74) is -1.98. The Hall–Kier alpha value is -5.09. The van der Waals surface area contributed by atoms with Crippen LogP contribution in [-0.4, -0.2) is 60.5 Å². The molecule has 8 rings (SSSR count). The molecule has 4 heterocycles. The second-order valence-electron chi connectivity index (χ2n) is 17.5. The molecule has 2 bridgehead atoms. The van der Waals surface area contributed by atoms with E-state index in [9.17, 15) is 26.3 Å². The number of carbonyl (C=O) groups is 1. The van der Waals surface area contributed by atoms with Crippen molar-refractivity contribution in [2.45, 2.75) is 82.2 Å². The van der Waals surface area contributed by atoms with Crippen molar-refractivity contribution in [2.24, 2.45) is 11.8 Å². The van der Waals surface area contributed by atoms with Crippen LogP contribution >= 0.6 is 12.2 Å². The van der Waals surface area contributed by atoms with E-state index in [0.717, 1.165) is 52.8 Å². The van der Waals surface area contributed by atoms with Crippen LogP contribution in [0.1, 0.15) is 63.3 Å². The van der Waals surface area contributed by atoms with Crippen LogP contribution in [0.3, 0.4) is 0 Å². The Bertz CT molecular complexity index is 2350. The zero-order chi connectivity index (χ0) is 45.3. The topological polar surface area (TPSA) is 78.5 Å². The minimum atomic E-state index is -5.08.